The number of aliphatic carboxylic acids is 1. The second-order valence-corrected chi connectivity index (χ2v) is 2.12. The maximum Gasteiger partial charge on any atom is 0.311 e. The molecule has 5 nitrogen and oxygen atoms in total. The van der Waals surface area contributed by atoms with E-state index >= 15 is 0 Å². The molecule has 5 heteroatoms. The van der Waals surface area contributed by atoms with E-state index in [1.165, 1.54) is 13.1 Å². The first-order valence-electron chi connectivity index (χ1n) is 3.13. The number of carboxylic acids is 1. The first-order valence-corrected chi connectivity index (χ1v) is 3.13. The summed E-state index contributed by atoms with van der Waals surface area (Å²) in [5.74, 6) is -1.67. The molecule has 0 saturated heterocycles. The second-order valence-electron chi connectivity index (χ2n) is 2.12. The Morgan fingerprint density at radius 2 is 2.18 bits per heavy atom. The lowest BCUT2D eigenvalue weighted by Gasteiger charge is -1.98. The number of nitrogens with zero attached hydrogens (tertiary/aromatic N) is 1. The third-order valence-corrected chi connectivity index (χ3v) is 0.987. The zero-order valence-electron chi connectivity index (χ0n) is 6.14. The van der Waals surface area contributed by atoms with E-state index in [4.69, 9.17) is 15.3 Å². The summed E-state index contributed by atoms with van der Waals surface area (Å²) in [7, 11) is 0. The molecular formula is C6H11NO4. The second kappa shape index (κ2) is 4.81. The monoisotopic (exact) mass is 161 g/mol. The van der Waals surface area contributed by atoms with Crippen LogP contribution in [-0.4, -0.2) is 40.3 Å². The van der Waals surface area contributed by atoms with Gasteiger partial charge >= 0.3 is 5.97 Å². The molecule has 1 atom stereocenters. The molecule has 0 saturated carbocycles. The number of rotatable bonds is 4. The lowest BCUT2D eigenvalue weighted by molar-refractivity contribution is -0.138. The minimum absolute atomic E-state index is 0.183. The summed E-state index contributed by atoms with van der Waals surface area (Å²) in [6.45, 7) is 1.27. The standard InChI is InChI=1S/C6H11NO4/c1-4(6(10)11)2-7-3-5(8)9/h2,4-5,8-9H,3H2,1H3,(H,10,11). The average molecular weight is 161 g/mol. The van der Waals surface area contributed by atoms with Crippen LogP contribution in [-0.2, 0) is 4.79 Å². The number of carboxylic acid groups (broad SMARTS) is 1. The van der Waals surface area contributed by atoms with Crippen LogP contribution in [0.2, 0.25) is 0 Å². The van der Waals surface area contributed by atoms with Crippen LogP contribution in [0.25, 0.3) is 0 Å². The molecule has 0 aliphatic rings. The quantitative estimate of drug-likeness (QED) is 0.367. The Hall–Kier alpha value is -0.940. The van der Waals surface area contributed by atoms with Crippen LogP contribution in [0.3, 0.4) is 0 Å². The third kappa shape index (κ3) is 5.50. The lowest BCUT2D eigenvalue weighted by Crippen LogP contribution is -2.13. The van der Waals surface area contributed by atoms with Crippen molar-refractivity contribution in [1.82, 2.24) is 0 Å². The van der Waals surface area contributed by atoms with Gasteiger partial charge in [0.2, 0.25) is 0 Å². The highest BCUT2D eigenvalue weighted by Crippen LogP contribution is 1.89. The fourth-order valence-corrected chi connectivity index (χ4v) is 0.377. The Morgan fingerprint density at radius 1 is 1.64 bits per heavy atom. The van der Waals surface area contributed by atoms with E-state index in [1.54, 1.807) is 0 Å². The summed E-state index contributed by atoms with van der Waals surface area (Å²) < 4.78 is 0. The van der Waals surface area contributed by atoms with Gasteiger partial charge in [-0.25, -0.2) is 0 Å². The van der Waals surface area contributed by atoms with Gasteiger partial charge in [-0.2, -0.15) is 0 Å². The predicted molar refractivity (Wildman–Crippen MR) is 38.4 cm³/mol. The highest BCUT2D eigenvalue weighted by molar-refractivity contribution is 5.87. The largest absolute Gasteiger partial charge is 0.481 e. The van der Waals surface area contributed by atoms with Crippen molar-refractivity contribution >= 4 is 12.2 Å². The number of aliphatic imine (C=N–C) groups is 1. The van der Waals surface area contributed by atoms with Gasteiger partial charge in [0, 0.05) is 6.21 Å². The van der Waals surface area contributed by atoms with Gasteiger partial charge in [-0.3, -0.25) is 9.79 Å². The van der Waals surface area contributed by atoms with Crippen LogP contribution >= 0.6 is 0 Å². The van der Waals surface area contributed by atoms with Gasteiger partial charge in [-0.1, -0.05) is 0 Å². The van der Waals surface area contributed by atoms with Gasteiger partial charge in [0.25, 0.3) is 0 Å². The van der Waals surface area contributed by atoms with Crippen LogP contribution in [0, 0.1) is 5.92 Å². The Balaban J connectivity index is 3.65. The van der Waals surface area contributed by atoms with Crippen LogP contribution < -0.4 is 0 Å². The van der Waals surface area contributed by atoms with Crippen molar-refractivity contribution in [2.45, 2.75) is 13.2 Å². The Bertz CT molecular complexity index is 155. The van der Waals surface area contributed by atoms with Crippen molar-refractivity contribution in [3.63, 3.8) is 0 Å². The molecule has 0 radical (unpaired) electrons. The molecule has 0 bridgehead atoms. The van der Waals surface area contributed by atoms with Crippen LogP contribution in [0.5, 0.6) is 0 Å². The molecule has 0 aromatic rings. The molecule has 1 unspecified atom stereocenters. The first kappa shape index (κ1) is 10.1. The van der Waals surface area contributed by atoms with Gasteiger partial charge in [0.15, 0.2) is 6.29 Å². The molecule has 0 aromatic carbocycles. The number of hydrogen-bond acceptors (Lipinski definition) is 4. The molecule has 11 heavy (non-hydrogen) atoms. The zero-order valence-corrected chi connectivity index (χ0v) is 6.14. The smallest absolute Gasteiger partial charge is 0.311 e. The first-order chi connectivity index (χ1) is 5.04. The van der Waals surface area contributed by atoms with Crippen molar-refractivity contribution in [2.75, 3.05) is 6.54 Å². The number of aliphatic hydroxyl groups excluding tert-OH is 1. The topological polar surface area (TPSA) is 90.1 Å². The number of carbonyl (C=O) groups is 1. The van der Waals surface area contributed by atoms with E-state index < -0.39 is 18.2 Å². The van der Waals surface area contributed by atoms with Crippen LogP contribution in [0.15, 0.2) is 4.99 Å². The maximum absolute atomic E-state index is 10.2. The average Bonchev–Trinajstić information content (AvgIpc) is 1.86. The third-order valence-electron chi connectivity index (χ3n) is 0.987. The molecule has 0 aliphatic heterocycles. The van der Waals surface area contributed by atoms with Gasteiger partial charge in [-0.05, 0) is 6.92 Å². The summed E-state index contributed by atoms with van der Waals surface area (Å²) >= 11 is 0. The van der Waals surface area contributed by atoms with Crippen molar-refractivity contribution < 1.29 is 20.1 Å². The Labute approximate surface area is 64.0 Å². The zero-order chi connectivity index (χ0) is 8.85. The highest BCUT2D eigenvalue weighted by Gasteiger charge is 2.06. The van der Waals surface area contributed by atoms with E-state index in [-0.39, 0.29) is 6.54 Å². The SMILES string of the molecule is CC(C=NCC(O)O)C(=O)O. The minimum atomic E-state index is -1.51. The molecule has 0 fully saturated rings. The number of aliphatic hydroxyl groups is 2. The summed E-state index contributed by atoms with van der Waals surface area (Å²) in [6, 6.07) is 0. The highest BCUT2D eigenvalue weighted by atomic mass is 16.5. The van der Waals surface area contributed by atoms with Gasteiger partial charge in [0.05, 0.1) is 12.5 Å². The van der Waals surface area contributed by atoms with Gasteiger partial charge in [0.1, 0.15) is 0 Å². The van der Waals surface area contributed by atoms with Crippen LogP contribution in [0.4, 0.5) is 0 Å². The van der Waals surface area contributed by atoms with Crippen LogP contribution in [0.1, 0.15) is 6.92 Å². The molecule has 3 N–H and O–H groups in total. The van der Waals surface area contributed by atoms with Gasteiger partial charge < -0.3 is 15.3 Å². The van der Waals surface area contributed by atoms with E-state index in [0.29, 0.717) is 0 Å². The van der Waals surface area contributed by atoms with E-state index in [9.17, 15) is 4.79 Å². The van der Waals surface area contributed by atoms with Crippen molar-refractivity contribution in [3.8, 4) is 0 Å². The maximum atomic E-state index is 10.2. The van der Waals surface area contributed by atoms with E-state index in [2.05, 4.69) is 4.99 Å². The Kier molecular flexibility index (Phi) is 4.40. The summed E-state index contributed by atoms with van der Waals surface area (Å²) in [5, 5.41) is 24.9. The Morgan fingerprint density at radius 3 is 2.55 bits per heavy atom. The summed E-state index contributed by atoms with van der Waals surface area (Å²) in [6.07, 6.45) is -0.339. The van der Waals surface area contributed by atoms with Crippen molar-refractivity contribution in [1.29, 1.82) is 0 Å². The molecule has 0 amide bonds. The predicted octanol–water partition coefficient (Wildman–Crippen LogP) is -0.911. The normalized spacial score (nSPS) is 14.2. The molecule has 0 spiro atoms. The lowest BCUT2D eigenvalue weighted by atomic mass is 10.2. The van der Waals surface area contributed by atoms with Crippen molar-refractivity contribution in [2.24, 2.45) is 10.9 Å². The molecular weight excluding hydrogens is 150 g/mol. The molecule has 0 aromatic heterocycles. The fourth-order valence-electron chi connectivity index (χ4n) is 0.377. The molecule has 0 heterocycles. The molecule has 0 aliphatic carbocycles. The van der Waals surface area contributed by atoms with E-state index in [1.807, 2.05) is 0 Å². The molecule has 64 valence electrons. The summed E-state index contributed by atoms with van der Waals surface area (Å²) in [5.41, 5.74) is 0. The minimum Gasteiger partial charge on any atom is -0.481 e. The molecule has 0 rings (SSSR count). The van der Waals surface area contributed by atoms with Gasteiger partial charge in [-0.15, -0.1) is 0 Å². The van der Waals surface area contributed by atoms with Crippen molar-refractivity contribution in [3.05, 3.63) is 0 Å². The fraction of sp³-hybridized carbons (Fsp3) is 0.667. The summed E-state index contributed by atoms with van der Waals surface area (Å²) in [4.78, 5) is 13.6. The van der Waals surface area contributed by atoms with E-state index in [0.717, 1.165) is 0 Å². The number of hydrogen-bond donors (Lipinski definition) is 3.